The molecule has 6 nitrogen and oxygen atoms in total. The Kier molecular flexibility index (Phi) is 9.88. The van der Waals surface area contributed by atoms with Gasteiger partial charge in [0.2, 0.25) is 5.91 Å². The molecule has 0 spiro atoms. The van der Waals surface area contributed by atoms with Gasteiger partial charge in [-0.05, 0) is 13.3 Å². The highest BCUT2D eigenvalue weighted by Gasteiger charge is 2.07. The summed E-state index contributed by atoms with van der Waals surface area (Å²) in [5.74, 6) is 0.643. The SMILES string of the molecule is CCCCNC(=NCC(=O)N(C)C)NC(C)COC. The van der Waals surface area contributed by atoms with Crippen LogP contribution in [0.15, 0.2) is 4.99 Å². The van der Waals surface area contributed by atoms with Crippen LogP contribution in [0.25, 0.3) is 0 Å². The smallest absolute Gasteiger partial charge is 0.243 e. The van der Waals surface area contributed by atoms with Crippen LogP contribution in [0.4, 0.5) is 0 Å². The number of likely N-dealkylation sites (N-methyl/N-ethyl adjacent to an activating group) is 1. The molecule has 19 heavy (non-hydrogen) atoms. The summed E-state index contributed by atoms with van der Waals surface area (Å²) in [7, 11) is 5.11. The van der Waals surface area contributed by atoms with Crippen molar-refractivity contribution in [3.8, 4) is 0 Å². The number of unbranched alkanes of at least 4 members (excludes halogenated alkanes) is 1. The lowest BCUT2D eigenvalue weighted by molar-refractivity contribution is -0.127. The molecule has 0 aliphatic heterocycles. The molecule has 0 saturated carbocycles. The van der Waals surface area contributed by atoms with Crippen molar-refractivity contribution in [1.82, 2.24) is 15.5 Å². The van der Waals surface area contributed by atoms with Crippen LogP contribution in [0.3, 0.4) is 0 Å². The maximum absolute atomic E-state index is 11.5. The van der Waals surface area contributed by atoms with Gasteiger partial charge in [-0.2, -0.15) is 0 Å². The quantitative estimate of drug-likeness (QED) is 0.382. The summed E-state index contributed by atoms with van der Waals surface area (Å²) in [4.78, 5) is 17.3. The van der Waals surface area contributed by atoms with E-state index in [0.29, 0.717) is 12.6 Å². The first kappa shape index (κ1) is 17.7. The van der Waals surface area contributed by atoms with Gasteiger partial charge in [0.15, 0.2) is 5.96 Å². The Balaban J connectivity index is 4.38. The molecule has 0 aliphatic rings. The van der Waals surface area contributed by atoms with E-state index >= 15 is 0 Å². The van der Waals surface area contributed by atoms with Gasteiger partial charge in [-0.25, -0.2) is 4.99 Å². The largest absolute Gasteiger partial charge is 0.383 e. The molecule has 0 heterocycles. The Hall–Kier alpha value is -1.30. The van der Waals surface area contributed by atoms with E-state index in [1.165, 1.54) is 4.90 Å². The highest BCUT2D eigenvalue weighted by atomic mass is 16.5. The molecule has 1 unspecified atom stereocenters. The summed E-state index contributed by atoms with van der Waals surface area (Å²) < 4.78 is 5.07. The molecule has 112 valence electrons. The number of hydrogen-bond acceptors (Lipinski definition) is 3. The Bertz CT molecular complexity index is 280. The predicted molar refractivity (Wildman–Crippen MR) is 78.4 cm³/mol. The number of carbonyl (C=O) groups is 1. The molecule has 0 aromatic heterocycles. The average Bonchev–Trinajstić information content (AvgIpc) is 2.35. The van der Waals surface area contributed by atoms with Crippen LogP contribution in [0, 0.1) is 0 Å². The van der Waals surface area contributed by atoms with Crippen LogP contribution in [0.2, 0.25) is 0 Å². The number of aliphatic imine (C=N–C) groups is 1. The highest BCUT2D eigenvalue weighted by molar-refractivity contribution is 5.84. The normalized spacial score (nSPS) is 13.0. The van der Waals surface area contributed by atoms with E-state index in [0.717, 1.165) is 19.4 Å². The van der Waals surface area contributed by atoms with Gasteiger partial charge in [0, 0.05) is 33.8 Å². The molecule has 0 radical (unpaired) electrons. The summed E-state index contributed by atoms with van der Waals surface area (Å²) in [5, 5.41) is 6.43. The van der Waals surface area contributed by atoms with Gasteiger partial charge in [0.05, 0.1) is 6.61 Å². The van der Waals surface area contributed by atoms with Crippen LogP contribution in [-0.4, -0.2) is 63.7 Å². The van der Waals surface area contributed by atoms with Crippen LogP contribution >= 0.6 is 0 Å². The minimum atomic E-state index is -0.0176. The predicted octanol–water partition coefficient (Wildman–Crippen LogP) is 0.445. The number of guanidine groups is 1. The Morgan fingerprint density at radius 1 is 1.42 bits per heavy atom. The molecule has 6 heteroatoms. The number of methoxy groups -OCH3 is 1. The standard InChI is InChI=1S/C13H28N4O2/c1-6-7-8-14-13(16-11(2)10-19-5)15-9-12(18)17(3)4/h11H,6-10H2,1-5H3,(H2,14,15,16). The molecule has 1 atom stereocenters. The molecule has 0 aromatic carbocycles. The highest BCUT2D eigenvalue weighted by Crippen LogP contribution is 1.87. The maximum atomic E-state index is 11.5. The summed E-state index contributed by atoms with van der Waals surface area (Å²) in [6.07, 6.45) is 2.19. The van der Waals surface area contributed by atoms with Crippen LogP contribution in [0.5, 0.6) is 0 Å². The number of rotatable bonds is 8. The second kappa shape index (κ2) is 10.6. The van der Waals surface area contributed by atoms with Crippen LogP contribution in [-0.2, 0) is 9.53 Å². The molecular weight excluding hydrogens is 244 g/mol. The van der Waals surface area contributed by atoms with Crippen LogP contribution < -0.4 is 10.6 Å². The van der Waals surface area contributed by atoms with E-state index in [4.69, 9.17) is 4.74 Å². The Morgan fingerprint density at radius 2 is 2.11 bits per heavy atom. The third-order valence-corrected chi connectivity index (χ3v) is 2.49. The summed E-state index contributed by atoms with van der Waals surface area (Å²) in [6, 6.07) is 0.146. The van der Waals surface area contributed by atoms with Crippen molar-refractivity contribution in [2.75, 3.05) is 40.9 Å². The number of nitrogens with zero attached hydrogens (tertiary/aromatic N) is 2. The average molecular weight is 272 g/mol. The van der Waals surface area contributed by atoms with Gasteiger partial charge in [-0.1, -0.05) is 13.3 Å². The summed E-state index contributed by atoms with van der Waals surface area (Å²) >= 11 is 0. The van der Waals surface area contributed by atoms with E-state index in [2.05, 4.69) is 22.5 Å². The second-order valence-electron chi connectivity index (χ2n) is 4.73. The topological polar surface area (TPSA) is 66.0 Å². The van der Waals surface area contributed by atoms with E-state index in [-0.39, 0.29) is 18.5 Å². The molecule has 0 rings (SSSR count). The monoisotopic (exact) mass is 272 g/mol. The molecule has 0 saturated heterocycles. The zero-order chi connectivity index (χ0) is 14.7. The lowest BCUT2D eigenvalue weighted by Gasteiger charge is -2.18. The third kappa shape index (κ3) is 9.30. The van der Waals surface area contributed by atoms with Crippen LogP contribution in [0.1, 0.15) is 26.7 Å². The van der Waals surface area contributed by atoms with Gasteiger partial charge in [-0.3, -0.25) is 4.79 Å². The fourth-order valence-electron chi connectivity index (χ4n) is 1.35. The zero-order valence-corrected chi connectivity index (χ0v) is 12.8. The van der Waals surface area contributed by atoms with Gasteiger partial charge in [-0.15, -0.1) is 0 Å². The molecule has 0 aliphatic carbocycles. The number of amides is 1. The van der Waals surface area contributed by atoms with E-state index < -0.39 is 0 Å². The van der Waals surface area contributed by atoms with Gasteiger partial charge < -0.3 is 20.3 Å². The van der Waals surface area contributed by atoms with Gasteiger partial charge >= 0.3 is 0 Å². The summed E-state index contributed by atoms with van der Waals surface area (Å²) in [6.45, 7) is 5.73. The first-order chi connectivity index (χ1) is 9.01. The minimum Gasteiger partial charge on any atom is -0.383 e. The van der Waals surface area contributed by atoms with E-state index in [1.54, 1.807) is 21.2 Å². The molecular formula is C13H28N4O2. The van der Waals surface area contributed by atoms with Gasteiger partial charge in [0.25, 0.3) is 0 Å². The number of carbonyl (C=O) groups excluding carboxylic acids is 1. The van der Waals surface area contributed by atoms with E-state index in [9.17, 15) is 4.79 Å². The second-order valence-corrected chi connectivity index (χ2v) is 4.73. The molecule has 0 aromatic rings. The fourth-order valence-corrected chi connectivity index (χ4v) is 1.35. The van der Waals surface area contributed by atoms with E-state index in [1.807, 2.05) is 6.92 Å². The first-order valence-electron chi connectivity index (χ1n) is 6.75. The van der Waals surface area contributed by atoms with Crippen molar-refractivity contribution in [3.05, 3.63) is 0 Å². The molecule has 2 N–H and O–H groups in total. The molecule has 0 bridgehead atoms. The maximum Gasteiger partial charge on any atom is 0.243 e. The van der Waals surface area contributed by atoms with Gasteiger partial charge in [0.1, 0.15) is 6.54 Å². The van der Waals surface area contributed by atoms with Crippen molar-refractivity contribution in [2.24, 2.45) is 4.99 Å². The van der Waals surface area contributed by atoms with Crippen molar-refractivity contribution >= 4 is 11.9 Å². The van der Waals surface area contributed by atoms with Crippen molar-refractivity contribution in [1.29, 1.82) is 0 Å². The first-order valence-corrected chi connectivity index (χ1v) is 6.75. The number of nitrogens with one attached hydrogen (secondary N) is 2. The third-order valence-electron chi connectivity index (χ3n) is 2.49. The number of ether oxygens (including phenoxy) is 1. The zero-order valence-electron chi connectivity index (χ0n) is 12.8. The van der Waals surface area contributed by atoms with Crippen molar-refractivity contribution in [3.63, 3.8) is 0 Å². The Morgan fingerprint density at radius 3 is 2.63 bits per heavy atom. The summed E-state index contributed by atoms with van der Waals surface area (Å²) in [5.41, 5.74) is 0. The lowest BCUT2D eigenvalue weighted by atomic mass is 10.3. The Labute approximate surface area is 116 Å². The number of hydrogen-bond donors (Lipinski definition) is 2. The minimum absolute atomic E-state index is 0.0176. The molecule has 0 fully saturated rings. The van der Waals surface area contributed by atoms with Crippen molar-refractivity contribution < 1.29 is 9.53 Å². The molecule has 1 amide bonds. The fraction of sp³-hybridized carbons (Fsp3) is 0.846. The lowest BCUT2D eigenvalue weighted by Crippen LogP contribution is -2.44. The van der Waals surface area contributed by atoms with Crippen molar-refractivity contribution in [2.45, 2.75) is 32.7 Å².